The van der Waals surface area contributed by atoms with E-state index in [1.54, 1.807) is 13.8 Å². The summed E-state index contributed by atoms with van der Waals surface area (Å²) in [6, 6.07) is 3.91. The van der Waals surface area contributed by atoms with Gasteiger partial charge in [-0.1, -0.05) is 0 Å². The monoisotopic (exact) mass is 383 g/mol. The summed E-state index contributed by atoms with van der Waals surface area (Å²) < 4.78 is 16.9. The zero-order valence-corrected chi connectivity index (χ0v) is 14.7. The summed E-state index contributed by atoms with van der Waals surface area (Å²) in [6.45, 7) is 2.83. The predicted octanol–water partition coefficient (Wildman–Crippen LogP) is 0.314. The molecule has 2 saturated heterocycles. The zero-order valence-electron chi connectivity index (χ0n) is 14.7. The van der Waals surface area contributed by atoms with Crippen molar-refractivity contribution in [2.45, 2.75) is 50.3 Å². The third kappa shape index (κ3) is 4.17. The van der Waals surface area contributed by atoms with Gasteiger partial charge in [0.2, 0.25) is 0 Å². The molecular formula is C16H21N3O8. The number of nitrogens with zero attached hydrogens (tertiary/aromatic N) is 1. The number of aliphatic hydroxyl groups excluding tert-OH is 2. The number of non-ortho nitro benzene ring substituents is 1. The summed E-state index contributed by atoms with van der Waals surface area (Å²) in [5, 5.41) is 35.1. The van der Waals surface area contributed by atoms with E-state index in [0.29, 0.717) is 5.69 Å². The van der Waals surface area contributed by atoms with Crippen LogP contribution in [-0.2, 0) is 14.2 Å². The number of benzene rings is 1. The third-order valence-corrected chi connectivity index (χ3v) is 4.29. The molecule has 0 saturated carbocycles. The Hall–Kier alpha value is -2.31. The Labute approximate surface area is 154 Å². The zero-order chi connectivity index (χ0) is 19.8. The van der Waals surface area contributed by atoms with E-state index in [0.717, 1.165) is 0 Å². The second-order valence-corrected chi connectivity index (χ2v) is 6.75. The summed E-state index contributed by atoms with van der Waals surface area (Å²) >= 11 is 0. The molecular weight excluding hydrogens is 362 g/mol. The first kappa shape index (κ1) is 19.5. The summed E-state index contributed by atoms with van der Waals surface area (Å²) in [6.07, 6.45) is -3.64. The van der Waals surface area contributed by atoms with Crippen LogP contribution in [0.1, 0.15) is 13.8 Å². The average Bonchev–Trinajstić information content (AvgIpc) is 3.07. The van der Waals surface area contributed by atoms with Gasteiger partial charge < -0.3 is 35.1 Å². The van der Waals surface area contributed by atoms with Gasteiger partial charge in [0.25, 0.3) is 5.69 Å². The fraction of sp³-hybridized carbons (Fsp3) is 0.562. The van der Waals surface area contributed by atoms with Gasteiger partial charge in [-0.05, 0) is 26.0 Å². The van der Waals surface area contributed by atoms with Gasteiger partial charge in [0, 0.05) is 17.8 Å². The van der Waals surface area contributed by atoms with Gasteiger partial charge in [-0.3, -0.25) is 10.1 Å². The SMILES string of the molecule is CC1(C)O[C@H]2O[C@H]([C@H](O)CO)[C@@H](NC(=O)Nc3ccc([N+](=O)[O-])cc3)[C@H]2O1. The number of rotatable bonds is 5. The van der Waals surface area contributed by atoms with Gasteiger partial charge in [0.05, 0.1) is 17.6 Å². The maximum atomic E-state index is 12.3. The fourth-order valence-corrected chi connectivity index (χ4v) is 3.12. The molecule has 2 amide bonds. The van der Waals surface area contributed by atoms with Crippen molar-refractivity contribution in [3.05, 3.63) is 34.4 Å². The summed E-state index contributed by atoms with van der Waals surface area (Å²) in [5.41, 5.74) is 0.245. The molecule has 148 valence electrons. The smallest absolute Gasteiger partial charge is 0.319 e. The van der Waals surface area contributed by atoms with Crippen molar-refractivity contribution in [1.82, 2.24) is 5.32 Å². The van der Waals surface area contributed by atoms with Crippen LogP contribution in [-0.4, -0.2) is 64.2 Å². The molecule has 11 nitrogen and oxygen atoms in total. The maximum Gasteiger partial charge on any atom is 0.319 e. The molecule has 0 spiro atoms. The molecule has 27 heavy (non-hydrogen) atoms. The minimum atomic E-state index is -1.24. The maximum absolute atomic E-state index is 12.3. The van der Waals surface area contributed by atoms with Crippen molar-refractivity contribution in [1.29, 1.82) is 0 Å². The number of urea groups is 1. The van der Waals surface area contributed by atoms with Crippen LogP contribution in [0.2, 0.25) is 0 Å². The van der Waals surface area contributed by atoms with E-state index in [9.17, 15) is 25.1 Å². The van der Waals surface area contributed by atoms with Crippen LogP contribution in [0, 0.1) is 10.1 Å². The second-order valence-electron chi connectivity index (χ2n) is 6.75. The number of hydrogen-bond donors (Lipinski definition) is 4. The number of hydrogen-bond acceptors (Lipinski definition) is 8. The molecule has 0 bridgehead atoms. The molecule has 1 aromatic carbocycles. The van der Waals surface area contributed by atoms with Crippen LogP contribution < -0.4 is 10.6 Å². The number of aliphatic hydroxyl groups is 2. The molecule has 1 aromatic rings. The number of amides is 2. The lowest BCUT2D eigenvalue weighted by Crippen LogP contribution is -2.53. The number of nitrogens with one attached hydrogen (secondary N) is 2. The van der Waals surface area contributed by atoms with Gasteiger partial charge in [0.1, 0.15) is 18.3 Å². The Bertz CT molecular complexity index is 710. The first-order valence-electron chi connectivity index (χ1n) is 8.32. The molecule has 2 aliphatic rings. The second kappa shape index (κ2) is 7.37. The Morgan fingerprint density at radius 1 is 1.33 bits per heavy atom. The lowest BCUT2D eigenvalue weighted by Gasteiger charge is -2.28. The highest BCUT2D eigenvalue weighted by atomic mass is 16.8. The molecule has 0 unspecified atom stereocenters. The number of fused-ring (bicyclic) bond motifs is 1. The number of carbonyl (C=O) groups is 1. The van der Waals surface area contributed by atoms with Crippen LogP contribution in [0.15, 0.2) is 24.3 Å². The van der Waals surface area contributed by atoms with E-state index in [-0.39, 0.29) is 5.69 Å². The first-order chi connectivity index (χ1) is 12.7. The van der Waals surface area contributed by atoms with Crippen molar-refractivity contribution < 1.29 is 34.1 Å². The first-order valence-corrected chi connectivity index (χ1v) is 8.32. The topological polar surface area (TPSA) is 152 Å². The van der Waals surface area contributed by atoms with Crippen molar-refractivity contribution in [2.24, 2.45) is 0 Å². The molecule has 5 atom stereocenters. The van der Waals surface area contributed by atoms with Crippen molar-refractivity contribution in [3.63, 3.8) is 0 Å². The van der Waals surface area contributed by atoms with Gasteiger partial charge in [-0.2, -0.15) is 0 Å². The quantitative estimate of drug-likeness (QED) is 0.419. The molecule has 3 rings (SSSR count). The standard InChI is InChI=1S/C16H21N3O8/c1-16(2)26-13-11(12(10(21)7-20)25-14(13)27-16)18-15(22)17-8-3-5-9(6-4-8)19(23)24/h3-6,10-14,20-21H,7H2,1-2H3,(H2,17,18,22)/t10-,11-,12-,13-,14-/m1/s1. The van der Waals surface area contributed by atoms with E-state index in [4.69, 9.17) is 14.2 Å². The predicted molar refractivity (Wildman–Crippen MR) is 90.8 cm³/mol. The Balaban J connectivity index is 1.68. The van der Waals surface area contributed by atoms with E-state index >= 15 is 0 Å². The van der Waals surface area contributed by atoms with Gasteiger partial charge in [-0.15, -0.1) is 0 Å². The highest BCUT2D eigenvalue weighted by Gasteiger charge is 2.56. The number of nitro benzene ring substituents is 1. The third-order valence-electron chi connectivity index (χ3n) is 4.29. The number of carbonyl (C=O) groups excluding carboxylic acids is 1. The normalized spacial score (nSPS) is 29.8. The van der Waals surface area contributed by atoms with Crippen LogP contribution in [0.5, 0.6) is 0 Å². The fourth-order valence-electron chi connectivity index (χ4n) is 3.12. The average molecular weight is 383 g/mol. The van der Waals surface area contributed by atoms with Crippen LogP contribution >= 0.6 is 0 Å². The molecule has 11 heteroatoms. The minimum absolute atomic E-state index is 0.0992. The van der Waals surface area contributed by atoms with Crippen molar-refractivity contribution >= 4 is 17.4 Å². The lowest BCUT2D eigenvalue weighted by atomic mass is 10.0. The number of anilines is 1. The molecule has 2 aliphatic heterocycles. The van der Waals surface area contributed by atoms with Crippen LogP contribution in [0.4, 0.5) is 16.2 Å². The Kier molecular flexibility index (Phi) is 5.31. The molecule has 4 N–H and O–H groups in total. The van der Waals surface area contributed by atoms with E-state index in [1.807, 2.05) is 0 Å². The highest BCUT2D eigenvalue weighted by Crippen LogP contribution is 2.38. The van der Waals surface area contributed by atoms with Crippen molar-refractivity contribution in [3.8, 4) is 0 Å². The molecule has 0 aromatic heterocycles. The van der Waals surface area contributed by atoms with Gasteiger partial charge in [-0.25, -0.2) is 4.79 Å². The number of ether oxygens (including phenoxy) is 3. The van der Waals surface area contributed by atoms with E-state index < -0.39 is 54.0 Å². The van der Waals surface area contributed by atoms with E-state index in [2.05, 4.69) is 10.6 Å². The van der Waals surface area contributed by atoms with Gasteiger partial charge >= 0.3 is 6.03 Å². The van der Waals surface area contributed by atoms with Gasteiger partial charge in [0.15, 0.2) is 12.1 Å². The summed E-state index contributed by atoms with van der Waals surface area (Å²) in [5.74, 6) is -0.917. The molecule has 2 fully saturated rings. The lowest BCUT2D eigenvalue weighted by molar-refractivity contribution is -0.384. The Morgan fingerprint density at radius 2 is 2.00 bits per heavy atom. The van der Waals surface area contributed by atoms with Crippen LogP contribution in [0.3, 0.4) is 0 Å². The van der Waals surface area contributed by atoms with Crippen molar-refractivity contribution in [2.75, 3.05) is 11.9 Å². The minimum Gasteiger partial charge on any atom is -0.394 e. The molecule has 0 radical (unpaired) electrons. The number of nitro groups is 1. The van der Waals surface area contributed by atoms with Crippen LogP contribution in [0.25, 0.3) is 0 Å². The molecule has 0 aliphatic carbocycles. The Morgan fingerprint density at radius 3 is 2.59 bits per heavy atom. The highest BCUT2D eigenvalue weighted by molar-refractivity contribution is 5.89. The summed E-state index contributed by atoms with van der Waals surface area (Å²) in [7, 11) is 0. The molecule has 2 heterocycles. The van der Waals surface area contributed by atoms with E-state index in [1.165, 1.54) is 24.3 Å². The largest absolute Gasteiger partial charge is 0.394 e. The summed E-state index contributed by atoms with van der Waals surface area (Å²) in [4.78, 5) is 22.5.